The van der Waals surface area contributed by atoms with Crippen molar-refractivity contribution >= 4 is 5.95 Å². The van der Waals surface area contributed by atoms with Gasteiger partial charge in [-0.2, -0.15) is 5.10 Å². The highest BCUT2D eigenvalue weighted by molar-refractivity contribution is 5.28. The van der Waals surface area contributed by atoms with Crippen LogP contribution >= 0.6 is 0 Å². The molecule has 1 aromatic rings. The van der Waals surface area contributed by atoms with Gasteiger partial charge in [-0.15, -0.1) is 5.10 Å². The van der Waals surface area contributed by atoms with Crippen LogP contribution in [0.15, 0.2) is 0 Å². The van der Waals surface area contributed by atoms with Crippen molar-refractivity contribution in [2.24, 2.45) is 5.41 Å². The van der Waals surface area contributed by atoms with Gasteiger partial charge in [-0.05, 0) is 39.3 Å². The molecule has 1 unspecified atom stereocenters. The molecule has 1 heterocycles. The molecule has 1 N–H and O–H groups in total. The van der Waals surface area contributed by atoms with Gasteiger partial charge < -0.3 is 10.2 Å². The minimum atomic E-state index is 0.128. The normalized spacial score (nSPS) is 13.6. The Labute approximate surface area is 123 Å². The maximum absolute atomic E-state index is 4.60. The summed E-state index contributed by atoms with van der Waals surface area (Å²) in [6.45, 7) is 11.9. The molecule has 0 aliphatic rings. The van der Waals surface area contributed by atoms with Crippen molar-refractivity contribution in [2.45, 2.75) is 53.5 Å². The molecule has 0 bridgehead atoms. The highest BCUT2D eigenvalue weighted by Crippen LogP contribution is 2.23. The van der Waals surface area contributed by atoms with E-state index in [2.05, 4.69) is 74.1 Å². The summed E-state index contributed by atoms with van der Waals surface area (Å²) in [4.78, 5) is 6.80. The van der Waals surface area contributed by atoms with Gasteiger partial charge in [0.1, 0.15) is 0 Å². The second-order valence-electron chi connectivity index (χ2n) is 6.33. The number of hydrogen-bond donors (Lipinski definition) is 1. The first-order chi connectivity index (χ1) is 9.30. The van der Waals surface area contributed by atoms with Crippen molar-refractivity contribution in [1.29, 1.82) is 0 Å². The average Bonchev–Trinajstić information content (AvgIpc) is 2.37. The number of anilines is 1. The topological polar surface area (TPSA) is 53.9 Å². The van der Waals surface area contributed by atoms with Crippen molar-refractivity contribution in [1.82, 2.24) is 20.1 Å². The highest BCUT2D eigenvalue weighted by Gasteiger charge is 2.27. The second-order valence-corrected chi connectivity index (χ2v) is 6.33. The van der Waals surface area contributed by atoms with E-state index in [1.807, 2.05) is 0 Å². The van der Waals surface area contributed by atoms with Crippen LogP contribution < -0.4 is 5.32 Å². The molecule has 1 rings (SSSR count). The highest BCUT2D eigenvalue weighted by atomic mass is 15.3. The summed E-state index contributed by atoms with van der Waals surface area (Å²) in [5.74, 6) is 0.637. The fourth-order valence-electron chi connectivity index (χ4n) is 2.34. The van der Waals surface area contributed by atoms with E-state index in [1.54, 1.807) is 0 Å². The molecule has 0 saturated heterocycles. The van der Waals surface area contributed by atoms with Crippen LogP contribution in [0.25, 0.3) is 0 Å². The van der Waals surface area contributed by atoms with Crippen LogP contribution in [0.4, 0.5) is 5.95 Å². The van der Waals surface area contributed by atoms with Crippen LogP contribution in [0, 0.1) is 5.41 Å². The van der Waals surface area contributed by atoms with Gasteiger partial charge in [0.05, 0.1) is 11.4 Å². The van der Waals surface area contributed by atoms with E-state index in [1.165, 1.54) is 0 Å². The van der Waals surface area contributed by atoms with Crippen molar-refractivity contribution in [2.75, 3.05) is 26.0 Å². The van der Waals surface area contributed by atoms with Gasteiger partial charge in [-0.25, -0.2) is 4.98 Å². The standard InChI is InChI=1S/C15H29N5/c1-8-12-13(9-2)18-19-14(17-12)16-11(3)15(4,5)10-20(6)7/h11H,8-10H2,1-7H3,(H,16,17,19). The molecule has 0 fully saturated rings. The smallest absolute Gasteiger partial charge is 0.243 e. The monoisotopic (exact) mass is 279 g/mol. The molecule has 0 radical (unpaired) electrons. The van der Waals surface area contributed by atoms with E-state index in [4.69, 9.17) is 0 Å². The summed E-state index contributed by atoms with van der Waals surface area (Å²) in [6.07, 6.45) is 1.77. The van der Waals surface area contributed by atoms with E-state index in [-0.39, 0.29) is 11.5 Å². The molecule has 0 saturated carbocycles. The predicted molar refractivity (Wildman–Crippen MR) is 84.0 cm³/mol. The van der Waals surface area contributed by atoms with Crippen LogP contribution in [0.3, 0.4) is 0 Å². The number of hydrogen-bond acceptors (Lipinski definition) is 5. The predicted octanol–water partition coefficient (Wildman–Crippen LogP) is 2.38. The van der Waals surface area contributed by atoms with Crippen molar-refractivity contribution in [3.05, 3.63) is 11.4 Å². The van der Waals surface area contributed by atoms with Gasteiger partial charge in [0.25, 0.3) is 0 Å². The van der Waals surface area contributed by atoms with Crippen LogP contribution in [-0.4, -0.2) is 46.8 Å². The third-order valence-electron chi connectivity index (χ3n) is 3.75. The third-order valence-corrected chi connectivity index (χ3v) is 3.75. The number of rotatable bonds is 7. The quantitative estimate of drug-likeness (QED) is 0.830. The lowest BCUT2D eigenvalue weighted by atomic mass is 9.85. The first kappa shape index (κ1) is 16.8. The number of nitrogens with one attached hydrogen (secondary N) is 1. The van der Waals surface area contributed by atoms with Crippen LogP contribution in [0.1, 0.15) is 46.0 Å². The average molecular weight is 279 g/mol. The number of aromatic nitrogens is 3. The molecule has 114 valence electrons. The minimum absolute atomic E-state index is 0.128. The Morgan fingerprint density at radius 1 is 1.10 bits per heavy atom. The van der Waals surface area contributed by atoms with E-state index in [0.29, 0.717) is 5.95 Å². The van der Waals surface area contributed by atoms with Crippen LogP contribution in [0.5, 0.6) is 0 Å². The molecule has 0 amide bonds. The summed E-state index contributed by atoms with van der Waals surface area (Å²) in [6, 6.07) is 0.267. The summed E-state index contributed by atoms with van der Waals surface area (Å²) in [7, 11) is 4.19. The zero-order chi connectivity index (χ0) is 15.3. The van der Waals surface area contributed by atoms with Crippen LogP contribution in [-0.2, 0) is 12.8 Å². The zero-order valence-electron chi connectivity index (χ0n) is 14.0. The summed E-state index contributed by atoms with van der Waals surface area (Å²) in [5.41, 5.74) is 2.17. The summed E-state index contributed by atoms with van der Waals surface area (Å²) >= 11 is 0. The fourth-order valence-corrected chi connectivity index (χ4v) is 2.34. The molecular weight excluding hydrogens is 250 g/mol. The Balaban J connectivity index is 2.82. The molecular formula is C15H29N5. The number of aryl methyl sites for hydroxylation is 2. The lowest BCUT2D eigenvalue weighted by Crippen LogP contribution is -2.41. The van der Waals surface area contributed by atoms with E-state index in [9.17, 15) is 0 Å². The largest absolute Gasteiger partial charge is 0.350 e. The van der Waals surface area contributed by atoms with Gasteiger partial charge in [-0.1, -0.05) is 27.7 Å². The Bertz CT molecular complexity index is 428. The molecule has 0 aliphatic carbocycles. The summed E-state index contributed by atoms with van der Waals surface area (Å²) in [5, 5.41) is 11.9. The van der Waals surface area contributed by atoms with Gasteiger partial charge in [-0.3, -0.25) is 0 Å². The van der Waals surface area contributed by atoms with E-state index < -0.39 is 0 Å². The van der Waals surface area contributed by atoms with Gasteiger partial charge in [0.15, 0.2) is 0 Å². The van der Waals surface area contributed by atoms with E-state index in [0.717, 1.165) is 30.8 Å². The Kier molecular flexibility index (Phi) is 5.87. The van der Waals surface area contributed by atoms with Crippen molar-refractivity contribution < 1.29 is 0 Å². The van der Waals surface area contributed by atoms with Gasteiger partial charge in [0, 0.05) is 12.6 Å². The molecule has 0 spiro atoms. The molecule has 1 atom stereocenters. The second kappa shape index (κ2) is 6.97. The SMILES string of the molecule is CCc1nnc(NC(C)C(C)(C)CN(C)C)nc1CC. The van der Waals surface area contributed by atoms with Crippen molar-refractivity contribution in [3.63, 3.8) is 0 Å². The van der Waals surface area contributed by atoms with Crippen LogP contribution in [0.2, 0.25) is 0 Å². The lowest BCUT2D eigenvalue weighted by molar-refractivity contribution is 0.216. The van der Waals surface area contributed by atoms with Crippen molar-refractivity contribution in [3.8, 4) is 0 Å². The molecule has 0 aromatic carbocycles. The molecule has 1 aromatic heterocycles. The lowest BCUT2D eigenvalue weighted by Gasteiger charge is -2.34. The zero-order valence-corrected chi connectivity index (χ0v) is 14.0. The number of nitrogens with zero attached hydrogens (tertiary/aromatic N) is 4. The minimum Gasteiger partial charge on any atom is -0.350 e. The molecule has 5 nitrogen and oxygen atoms in total. The Morgan fingerprint density at radius 3 is 2.20 bits per heavy atom. The maximum atomic E-state index is 4.60. The Hall–Kier alpha value is -1.23. The summed E-state index contributed by atoms with van der Waals surface area (Å²) < 4.78 is 0. The fraction of sp³-hybridized carbons (Fsp3) is 0.800. The first-order valence-electron chi connectivity index (χ1n) is 7.43. The van der Waals surface area contributed by atoms with E-state index >= 15 is 0 Å². The molecule has 5 heteroatoms. The molecule has 0 aliphatic heterocycles. The van der Waals surface area contributed by atoms with Gasteiger partial charge in [0.2, 0.25) is 5.95 Å². The third kappa shape index (κ3) is 4.40. The maximum Gasteiger partial charge on any atom is 0.243 e. The molecule has 20 heavy (non-hydrogen) atoms. The van der Waals surface area contributed by atoms with Gasteiger partial charge >= 0.3 is 0 Å². The Morgan fingerprint density at radius 2 is 1.70 bits per heavy atom. The first-order valence-corrected chi connectivity index (χ1v) is 7.43.